The molecule has 1 aromatic carbocycles. The molecular formula is C9H7BrOS. The van der Waals surface area contributed by atoms with Gasteiger partial charge in [-0.2, -0.15) is 0 Å². The topological polar surface area (TPSA) is 17.1 Å². The molecule has 0 aliphatic carbocycles. The first kappa shape index (κ1) is 9.55. The summed E-state index contributed by atoms with van der Waals surface area (Å²) < 4.78 is 0. The van der Waals surface area contributed by atoms with Gasteiger partial charge in [-0.05, 0) is 11.6 Å². The van der Waals surface area contributed by atoms with Crippen molar-refractivity contribution >= 4 is 39.3 Å². The van der Waals surface area contributed by atoms with Crippen LogP contribution in [0.1, 0.15) is 15.9 Å². The number of carbonyl (C=O) groups excluding carboxylic acids is 1. The lowest BCUT2D eigenvalue weighted by Crippen LogP contribution is -1.99. The van der Waals surface area contributed by atoms with Crippen molar-refractivity contribution in [1.82, 2.24) is 0 Å². The van der Waals surface area contributed by atoms with Crippen LogP contribution in [0, 0.1) is 0 Å². The first-order valence-corrected chi connectivity index (χ1v) is 5.01. The molecule has 3 heteroatoms. The van der Waals surface area contributed by atoms with Crippen LogP contribution in [-0.4, -0.2) is 16.5 Å². The van der Waals surface area contributed by atoms with E-state index in [1.54, 1.807) is 17.5 Å². The maximum atomic E-state index is 11.2. The summed E-state index contributed by atoms with van der Waals surface area (Å²) in [6.07, 6.45) is 0. The van der Waals surface area contributed by atoms with E-state index in [0.717, 1.165) is 5.56 Å². The maximum absolute atomic E-state index is 11.2. The average Bonchev–Trinajstić information content (AvgIpc) is 2.17. The number of alkyl halides is 1. The number of thiocarbonyl (C=S) groups is 1. The molecule has 0 amide bonds. The Morgan fingerprint density at radius 3 is 2.92 bits per heavy atom. The molecule has 12 heavy (non-hydrogen) atoms. The van der Waals surface area contributed by atoms with Gasteiger partial charge in [0.15, 0.2) is 5.78 Å². The summed E-state index contributed by atoms with van der Waals surface area (Å²) in [6, 6.07) is 7.27. The molecule has 0 fully saturated rings. The summed E-state index contributed by atoms with van der Waals surface area (Å²) in [5.74, 6) is 0.0775. The third-order valence-electron chi connectivity index (χ3n) is 1.47. The van der Waals surface area contributed by atoms with E-state index >= 15 is 0 Å². The molecule has 1 aromatic rings. The van der Waals surface area contributed by atoms with E-state index in [9.17, 15) is 4.79 Å². The van der Waals surface area contributed by atoms with Crippen molar-refractivity contribution in [2.75, 3.05) is 5.33 Å². The van der Waals surface area contributed by atoms with Gasteiger partial charge in [0.25, 0.3) is 0 Å². The molecule has 0 saturated carbocycles. The molecule has 0 aliphatic heterocycles. The normalized spacial score (nSPS) is 9.42. The van der Waals surface area contributed by atoms with Crippen molar-refractivity contribution in [2.45, 2.75) is 0 Å². The summed E-state index contributed by atoms with van der Waals surface area (Å²) in [4.78, 5) is 11.2. The highest BCUT2D eigenvalue weighted by atomic mass is 79.9. The second kappa shape index (κ2) is 4.48. The molecule has 0 aromatic heterocycles. The van der Waals surface area contributed by atoms with Crippen LogP contribution in [0.3, 0.4) is 0 Å². The fraction of sp³-hybridized carbons (Fsp3) is 0.111. The van der Waals surface area contributed by atoms with Crippen molar-refractivity contribution in [3.8, 4) is 0 Å². The number of ketones is 1. The third-order valence-corrected chi connectivity index (χ3v) is 2.25. The molecule has 0 N–H and O–H groups in total. The van der Waals surface area contributed by atoms with Crippen LogP contribution in [-0.2, 0) is 0 Å². The Hall–Kier alpha value is -0.540. The van der Waals surface area contributed by atoms with Crippen LogP contribution in [0.25, 0.3) is 0 Å². The van der Waals surface area contributed by atoms with E-state index in [4.69, 9.17) is 12.2 Å². The molecule has 62 valence electrons. The lowest BCUT2D eigenvalue weighted by molar-refractivity contribution is 0.102. The second-order valence-electron chi connectivity index (χ2n) is 2.30. The van der Waals surface area contributed by atoms with Gasteiger partial charge in [-0.15, -0.1) is 0 Å². The van der Waals surface area contributed by atoms with Crippen molar-refractivity contribution in [3.05, 3.63) is 35.4 Å². The van der Waals surface area contributed by atoms with E-state index in [1.807, 2.05) is 12.1 Å². The van der Waals surface area contributed by atoms with Crippen molar-refractivity contribution in [2.24, 2.45) is 0 Å². The molecule has 0 bridgehead atoms. The second-order valence-corrected chi connectivity index (χ2v) is 3.10. The van der Waals surface area contributed by atoms with Crippen LogP contribution in [0.2, 0.25) is 0 Å². The molecule has 0 aliphatic rings. The molecule has 0 radical (unpaired) electrons. The van der Waals surface area contributed by atoms with Gasteiger partial charge in [0.2, 0.25) is 0 Å². The number of hydrogen-bond acceptors (Lipinski definition) is 2. The van der Waals surface area contributed by atoms with Gasteiger partial charge in [0.1, 0.15) is 0 Å². The minimum Gasteiger partial charge on any atom is -0.293 e. The zero-order valence-electron chi connectivity index (χ0n) is 6.29. The number of rotatable bonds is 3. The summed E-state index contributed by atoms with van der Waals surface area (Å²) in [5.41, 5.74) is 1.60. The van der Waals surface area contributed by atoms with Gasteiger partial charge < -0.3 is 0 Å². The quantitative estimate of drug-likeness (QED) is 0.461. The molecule has 0 spiro atoms. The minimum atomic E-state index is 0.0775. The van der Waals surface area contributed by atoms with E-state index in [2.05, 4.69) is 15.9 Å². The summed E-state index contributed by atoms with van der Waals surface area (Å²) in [6.45, 7) is 0. The predicted molar refractivity (Wildman–Crippen MR) is 57.3 cm³/mol. The maximum Gasteiger partial charge on any atom is 0.173 e. The molecule has 0 heterocycles. The van der Waals surface area contributed by atoms with E-state index in [0.29, 0.717) is 10.9 Å². The smallest absolute Gasteiger partial charge is 0.173 e. The first-order chi connectivity index (χ1) is 5.77. The van der Waals surface area contributed by atoms with Crippen LogP contribution >= 0.6 is 28.1 Å². The Bertz CT molecular complexity index is 309. The molecule has 0 saturated heterocycles. The van der Waals surface area contributed by atoms with Gasteiger partial charge in [-0.3, -0.25) is 4.79 Å². The first-order valence-electron chi connectivity index (χ1n) is 3.42. The highest BCUT2D eigenvalue weighted by Gasteiger charge is 2.02. The largest absolute Gasteiger partial charge is 0.293 e. The molecule has 0 atom stereocenters. The Balaban J connectivity index is 3.01. The number of carbonyl (C=O) groups is 1. The highest BCUT2D eigenvalue weighted by Crippen LogP contribution is 2.05. The van der Waals surface area contributed by atoms with Gasteiger partial charge >= 0.3 is 0 Å². The zero-order valence-corrected chi connectivity index (χ0v) is 8.69. The number of benzene rings is 1. The molecule has 1 nitrogen and oxygen atoms in total. The Morgan fingerprint density at radius 2 is 2.33 bits per heavy atom. The number of Topliss-reactive ketones (excluding diaryl/α,β-unsaturated/α-hetero) is 1. The van der Waals surface area contributed by atoms with Crippen LogP contribution in [0.15, 0.2) is 24.3 Å². The third kappa shape index (κ3) is 2.22. The predicted octanol–water partition coefficient (Wildman–Crippen LogP) is 2.61. The Kier molecular flexibility index (Phi) is 3.56. The Labute approximate surface area is 84.9 Å². The van der Waals surface area contributed by atoms with Gasteiger partial charge in [0, 0.05) is 10.9 Å². The van der Waals surface area contributed by atoms with Crippen molar-refractivity contribution < 1.29 is 4.79 Å². The number of hydrogen-bond donors (Lipinski definition) is 0. The van der Waals surface area contributed by atoms with E-state index < -0.39 is 0 Å². The monoisotopic (exact) mass is 242 g/mol. The summed E-state index contributed by atoms with van der Waals surface area (Å²) in [7, 11) is 0. The highest BCUT2D eigenvalue weighted by molar-refractivity contribution is 9.09. The average molecular weight is 243 g/mol. The standard InChI is InChI=1S/C9H7BrOS/c10-5-9(11)8-3-1-2-7(4-8)6-12/h1-4,6H,5H2. The molecule has 1 rings (SSSR count). The zero-order chi connectivity index (χ0) is 8.97. The van der Waals surface area contributed by atoms with Gasteiger partial charge in [0.05, 0.1) is 5.33 Å². The van der Waals surface area contributed by atoms with Gasteiger partial charge in [-0.1, -0.05) is 46.3 Å². The SMILES string of the molecule is O=C(CBr)c1cccc(C=S)c1. The van der Waals surface area contributed by atoms with Crippen LogP contribution < -0.4 is 0 Å². The summed E-state index contributed by atoms with van der Waals surface area (Å²) >= 11 is 7.87. The van der Waals surface area contributed by atoms with Crippen molar-refractivity contribution in [1.29, 1.82) is 0 Å². The van der Waals surface area contributed by atoms with E-state index in [1.165, 1.54) is 0 Å². The van der Waals surface area contributed by atoms with Crippen LogP contribution in [0.5, 0.6) is 0 Å². The lowest BCUT2D eigenvalue weighted by atomic mass is 10.1. The lowest BCUT2D eigenvalue weighted by Gasteiger charge is -1.97. The van der Waals surface area contributed by atoms with Crippen LogP contribution in [0.4, 0.5) is 0 Å². The Morgan fingerprint density at radius 1 is 1.58 bits per heavy atom. The number of halogens is 1. The van der Waals surface area contributed by atoms with E-state index in [-0.39, 0.29) is 5.78 Å². The summed E-state index contributed by atoms with van der Waals surface area (Å²) in [5, 5.41) is 1.92. The van der Waals surface area contributed by atoms with Crippen molar-refractivity contribution in [3.63, 3.8) is 0 Å². The molecule has 0 unspecified atom stereocenters. The fourth-order valence-corrected chi connectivity index (χ4v) is 1.33. The fourth-order valence-electron chi connectivity index (χ4n) is 0.863. The minimum absolute atomic E-state index is 0.0775. The van der Waals surface area contributed by atoms with Gasteiger partial charge in [-0.25, -0.2) is 0 Å². The molecular weight excluding hydrogens is 236 g/mol.